The molecular weight excluding hydrogens is 210 g/mol. The van der Waals surface area contributed by atoms with Crippen LogP contribution in [0, 0.1) is 0 Å². The fourth-order valence-corrected chi connectivity index (χ4v) is 2.55. The van der Waals surface area contributed by atoms with Crippen molar-refractivity contribution >= 4 is 0 Å². The van der Waals surface area contributed by atoms with Gasteiger partial charge in [-0.25, -0.2) is 0 Å². The molecule has 1 saturated carbocycles. The van der Waals surface area contributed by atoms with Crippen LogP contribution in [0.4, 0.5) is 0 Å². The van der Waals surface area contributed by atoms with Gasteiger partial charge in [-0.3, -0.25) is 0 Å². The molecule has 2 aliphatic rings. The quantitative estimate of drug-likeness (QED) is 0.715. The van der Waals surface area contributed by atoms with Crippen molar-refractivity contribution in [3.8, 4) is 0 Å². The van der Waals surface area contributed by atoms with Crippen LogP contribution in [0.15, 0.2) is 0 Å². The Morgan fingerprint density at radius 2 is 1.81 bits per heavy atom. The molecule has 94 valence electrons. The van der Waals surface area contributed by atoms with Crippen LogP contribution in [0.1, 0.15) is 25.7 Å². The van der Waals surface area contributed by atoms with Crippen molar-refractivity contribution in [2.45, 2.75) is 43.1 Å². The first-order valence-corrected chi connectivity index (χ1v) is 5.85. The summed E-state index contributed by atoms with van der Waals surface area (Å²) in [6.07, 6.45) is 2.64. The molecule has 5 heteroatoms. The molecule has 1 aliphatic heterocycles. The van der Waals surface area contributed by atoms with Crippen LogP contribution in [0.2, 0.25) is 0 Å². The first-order chi connectivity index (χ1) is 7.60. The van der Waals surface area contributed by atoms with Crippen LogP contribution in [0.5, 0.6) is 0 Å². The van der Waals surface area contributed by atoms with Crippen LogP contribution in [-0.4, -0.2) is 49.5 Å². The first kappa shape index (κ1) is 12.3. The summed E-state index contributed by atoms with van der Waals surface area (Å²) in [4.78, 5) is 0. The highest BCUT2D eigenvalue weighted by Crippen LogP contribution is 2.41. The fraction of sp³-hybridized carbons (Fsp3) is 1.00. The monoisotopic (exact) mass is 231 g/mol. The molecule has 1 unspecified atom stereocenters. The Kier molecular flexibility index (Phi) is 3.51. The predicted octanol–water partition coefficient (Wildman–Crippen LogP) is 0.00830. The van der Waals surface area contributed by atoms with Crippen molar-refractivity contribution in [1.29, 1.82) is 0 Å². The summed E-state index contributed by atoms with van der Waals surface area (Å²) in [6, 6.07) is -0.337. The summed E-state index contributed by atoms with van der Waals surface area (Å²) in [7, 11) is 1.59. The van der Waals surface area contributed by atoms with Crippen molar-refractivity contribution < 1.29 is 19.3 Å². The van der Waals surface area contributed by atoms with Crippen molar-refractivity contribution in [2.75, 3.05) is 26.9 Å². The van der Waals surface area contributed by atoms with Crippen molar-refractivity contribution in [1.82, 2.24) is 0 Å². The normalized spacial score (nSPS) is 29.4. The van der Waals surface area contributed by atoms with Crippen LogP contribution < -0.4 is 5.73 Å². The third-order valence-electron chi connectivity index (χ3n) is 3.73. The Hall–Kier alpha value is -0.200. The van der Waals surface area contributed by atoms with Crippen molar-refractivity contribution in [3.63, 3.8) is 0 Å². The molecule has 0 aromatic rings. The van der Waals surface area contributed by atoms with E-state index >= 15 is 0 Å². The van der Waals surface area contributed by atoms with Crippen LogP contribution in [0.25, 0.3) is 0 Å². The van der Waals surface area contributed by atoms with Gasteiger partial charge >= 0.3 is 0 Å². The van der Waals surface area contributed by atoms with Crippen LogP contribution in [0.3, 0.4) is 0 Å². The Bertz CT molecular complexity index is 230. The average Bonchev–Trinajstić information content (AvgIpc) is 2.73. The Labute approximate surface area is 95.9 Å². The minimum Gasteiger partial charge on any atom is -0.388 e. The minimum atomic E-state index is -0.837. The molecule has 0 radical (unpaired) electrons. The van der Waals surface area contributed by atoms with E-state index in [2.05, 4.69) is 0 Å². The Morgan fingerprint density at radius 3 is 2.31 bits per heavy atom. The van der Waals surface area contributed by atoms with Gasteiger partial charge in [0, 0.05) is 20.0 Å². The van der Waals surface area contributed by atoms with E-state index in [0.717, 1.165) is 0 Å². The smallest absolute Gasteiger partial charge is 0.168 e. The number of hydrogen-bond donors (Lipinski definition) is 2. The molecule has 1 atom stereocenters. The molecule has 1 heterocycles. The third-order valence-corrected chi connectivity index (χ3v) is 3.73. The van der Waals surface area contributed by atoms with Gasteiger partial charge in [0.05, 0.1) is 31.5 Å². The maximum absolute atomic E-state index is 10.4. The molecule has 0 bridgehead atoms. The molecule has 1 spiro atoms. The molecule has 1 saturated heterocycles. The van der Waals surface area contributed by atoms with Gasteiger partial charge in [0.25, 0.3) is 0 Å². The molecule has 0 aromatic carbocycles. The zero-order valence-electron chi connectivity index (χ0n) is 9.78. The van der Waals surface area contributed by atoms with Gasteiger partial charge in [-0.15, -0.1) is 0 Å². The number of aliphatic hydroxyl groups is 1. The molecule has 2 rings (SSSR count). The molecule has 2 fully saturated rings. The SMILES string of the molecule is COCC(N)C1(O)CCC2(CC1)OCCO2. The first-order valence-electron chi connectivity index (χ1n) is 5.85. The molecule has 3 N–H and O–H groups in total. The summed E-state index contributed by atoms with van der Waals surface area (Å²) in [5.74, 6) is -0.445. The van der Waals surface area contributed by atoms with Crippen LogP contribution in [-0.2, 0) is 14.2 Å². The average molecular weight is 231 g/mol. The van der Waals surface area contributed by atoms with Gasteiger partial charge in [-0.1, -0.05) is 0 Å². The predicted molar refractivity (Wildman–Crippen MR) is 57.9 cm³/mol. The van der Waals surface area contributed by atoms with E-state index in [1.54, 1.807) is 7.11 Å². The van der Waals surface area contributed by atoms with E-state index in [4.69, 9.17) is 19.9 Å². The van der Waals surface area contributed by atoms with E-state index in [1.165, 1.54) is 0 Å². The summed E-state index contributed by atoms with van der Waals surface area (Å²) >= 11 is 0. The standard InChI is InChI=1S/C11H21NO4/c1-14-8-9(12)10(13)2-4-11(5-3-10)15-6-7-16-11/h9,13H,2-8,12H2,1H3. The number of hydrogen-bond acceptors (Lipinski definition) is 5. The molecule has 0 aromatic heterocycles. The zero-order chi connectivity index (χ0) is 11.6. The Balaban J connectivity index is 1.92. The highest BCUT2D eigenvalue weighted by atomic mass is 16.7. The van der Waals surface area contributed by atoms with Gasteiger partial charge < -0.3 is 25.1 Å². The van der Waals surface area contributed by atoms with E-state index in [0.29, 0.717) is 45.5 Å². The topological polar surface area (TPSA) is 73.9 Å². The van der Waals surface area contributed by atoms with E-state index < -0.39 is 11.4 Å². The summed E-state index contributed by atoms with van der Waals surface area (Å²) in [5, 5.41) is 10.4. The van der Waals surface area contributed by atoms with Gasteiger partial charge in [0.1, 0.15) is 0 Å². The number of nitrogens with two attached hydrogens (primary N) is 1. The maximum atomic E-state index is 10.4. The Morgan fingerprint density at radius 1 is 1.25 bits per heavy atom. The highest BCUT2D eigenvalue weighted by Gasteiger charge is 2.47. The second kappa shape index (κ2) is 4.58. The van der Waals surface area contributed by atoms with Gasteiger partial charge in [0.15, 0.2) is 5.79 Å². The van der Waals surface area contributed by atoms with Crippen molar-refractivity contribution in [2.24, 2.45) is 5.73 Å². The van der Waals surface area contributed by atoms with Crippen molar-refractivity contribution in [3.05, 3.63) is 0 Å². The summed E-state index contributed by atoms with van der Waals surface area (Å²) in [6.45, 7) is 1.69. The lowest BCUT2D eigenvalue weighted by atomic mass is 9.77. The largest absolute Gasteiger partial charge is 0.388 e. The summed E-state index contributed by atoms with van der Waals surface area (Å²) in [5.41, 5.74) is 5.09. The minimum absolute atomic E-state index is 0.337. The molecule has 0 amide bonds. The lowest BCUT2D eigenvalue weighted by molar-refractivity contribution is -0.206. The molecule has 5 nitrogen and oxygen atoms in total. The van der Waals surface area contributed by atoms with Gasteiger partial charge in [0.2, 0.25) is 0 Å². The van der Waals surface area contributed by atoms with Gasteiger partial charge in [-0.2, -0.15) is 0 Å². The second-order valence-corrected chi connectivity index (χ2v) is 4.77. The van der Waals surface area contributed by atoms with Gasteiger partial charge in [-0.05, 0) is 12.8 Å². The maximum Gasteiger partial charge on any atom is 0.168 e. The number of methoxy groups -OCH3 is 1. The molecule has 16 heavy (non-hydrogen) atoms. The lowest BCUT2D eigenvalue weighted by Gasteiger charge is -2.43. The van der Waals surface area contributed by atoms with E-state index in [9.17, 15) is 5.11 Å². The second-order valence-electron chi connectivity index (χ2n) is 4.77. The number of ether oxygens (including phenoxy) is 3. The molecular formula is C11H21NO4. The van der Waals surface area contributed by atoms with E-state index in [-0.39, 0.29) is 6.04 Å². The number of rotatable bonds is 3. The molecule has 1 aliphatic carbocycles. The third kappa shape index (κ3) is 2.24. The lowest BCUT2D eigenvalue weighted by Crippen LogP contribution is -2.55. The van der Waals surface area contributed by atoms with Crippen LogP contribution >= 0.6 is 0 Å². The highest BCUT2D eigenvalue weighted by molar-refractivity contribution is 4.97. The summed E-state index contributed by atoms with van der Waals surface area (Å²) < 4.78 is 16.2. The zero-order valence-corrected chi connectivity index (χ0v) is 9.78. The fourth-order valence-electron chi connectivity index (χ4n) is 2.55. The van der Waals surface area contributed by atoms with E-state index in [1.807, 2.05) is 0 Å².